The lowest BCUT2D eigenvalue weighted by molar-refractivity contribution is -0.115. The van der Waals surface area contributed by atoms with Gasteiger partial charge in [-0.15, -0.1) is 10.2 Å². The molecule has 8 heteroatoms. The Labute approximate surface area is 167 Å². The number of amides is 1. The Morgan fingerprint density at radius 1 is 1.33 bits per heavy atom. The number of rotatable bonds is 7. The first-order chi connectivity index (χ1) is 13.2. The molecule has 1 aliphatic carbocycles. The van der Waals surface area contributed by atoms with Crippen molar-refractivity contribution in [3.63, 3.8) is 0 Å². The van der Waals surface area contributed by atoms with Gasteiger partial charge in [-0.1, -0.05) is 29.2 Å². The third-order valence-corrected chi connectivity index (χ3v) is 6.99. The molecule has 2 aliphatic rings. The van der Waals surface area contributed by atoms with Gasteiger partial charge in [-0.05, 0) is 62.3 Å². The molecule has 1 fully saturated rings. The number of hydrogen-bond acceptors (Lipinski definition) is 7. The maximum Gasteiger partial charge on any atom is 0.237 e. The largest absolute Gasteiger partial charge is 0.376 e. The molecule has 2 heterocycles. The van der Waals surface area contributed by atoms with Crippen LogP contribution in [0, 0.1) is 0 Å². The number of ether oxygens (including phenoxy) is 1. The van der Waals surface area contributed by atoms with Crippen LogP contribution >= 0.6 is 23.1 Å². The third kappa shape index (κ3) is 4.80. The van der Waals surface area contributed by atoms with Crippen LogP contribution in [0.25, 0.3) is 0 Å². The molecule has 4 rings (SSSR count). The van der Waals surface area contributed by atoms with Crippen molar-refractivity contribution < 1.29 is 9.53 Å². The monoisotopic (exact) mass is 404 g/mol. The van der Waals surface area contributed by atoms with Crippen molar-refractivity contribution in [2.24, 2.45) is 0 Å². The minimum Gasteiger partial charge on any atom is -0.376 e. The predicted molar refractivity (Wildman–Crippen MR) is 110 cm³/mol. The molecule has 1 amide bonds. The molecule has 0 unspecified atom stereocenters. The highest BCUT2D eigenvalue weighted by Gasteiger charge is 2.19. The summed E-state index contributed by atoms with van der Waals surface area (Å²) in [6, 6.07) is 6.24. The second-order valence-corrected chi connectivity index (χ2v) is 9.54. The third-order valence-electron chi connectivity index (χ3n) is 4.92. The second-order valence-electron chi connectivity index (χ2n) is 6.98. The lowest BCUT2D eigenvalue weighted by Gasteiger charge is -2.11. The molecule has 0 spiro atoms. The van der Waals surface area contributed by atoms with Gasteiger partial charge in [0.25, 0.3) is 0 Å². The van der Waals surface area contributed by atoms with Crippen LogP contribution in [-0.2, 0) is 22.4 Å². The summed E-state index contributed by atoms with van der Waals surface area (Å²) < 4.78 is 6.39. The van der Waals surface area contributed by atoms with Crippen LogP contribution in [0.1, 0.15) is 37.3 Å². The fourth-order valence-corrected chi connectivity index (χ4v) is 5.34. The summed E-state index contributed by atoms with van der Waals surface area (Å²) in [5, 5.41) is 15.2. The lowest BCUT2D eigenvalue weighted by Crippen LogP contribution is -2.22. The number of nitrogens with zero attached hydrogens (tertiary/aromatic N) is 2. The SMILES string of the molecule is C[C@@H](Sc1nnc(NC[C@@H]2CCCO2)s1)C(=O)Nc1ccc2c(c1)CCC2. The molecule has 27 heavy (non-hydrogen) atoms. The Balaban J connectivity index is 1.28. The number of carbonyl (C=O) groups is 1. The van der Waals surface area contributed by atoms with Gasteiger partial charge in [-0.25, -0.2) is 0 Å². The molecule has 144 valence electrons. The van der Waals surface area contributed by atoms with E-state index in [-0.39, 0.29) is 17.3 Å². The van der Waals surface area contributed by atoms with E-state index in [1.165, 1.54) is 40.6 Å². The van der Waals surface area contributed by atoms with Crippen LogP contribution in [0.5, 0.6) is 0 Å². The van der Waals surface area contributed by atoms with Gasteiger partial charge < -0.3 is 15.4 Å². The predicted octanol–water partition coefficient (Wildman–Crippen LogP) is 3.74. The molecule has 0 bridgehead atoms. The smallest absolute Gasteiger partial charge is 0.237 e. The number of thioether (sulfide) groups is 1. The van der Waals surface area contributed by atoms with Gasteiger partial charge in [-0.2, -0.15) is 0 Å². The van der Waals surface area contributed by atoms with Gasteiger partial charge >= 0.3 is 0 Å². The Kier molecular flexibility index (Phi) is 5.95. The molecule has 2 atom stereocenters. The molecular weight excluding hydrogens is 380 g/mol. The molecule has 1 aliphatic heterocycles. The van der Waals surface area contributed by atoms with Crippen molar-refractivity contribution in [1.29, 1.82) is 0 Å². The van der Waals surface area contributed by atoms with E-state index in [9.17, 15) is 4.79 Å². The van der Waals surface area contributed by atoms with Crippen LogP contribution in [0.4, 0.5) is 10.8 Å². The van der Waals surface area contributed by atoms with Crippen molar-refractivity contribution >= 4 is 39.8 Å². The fourth-order valence-electron chi connectivity index (χ4n) is 3.43. The molecule has 0 saturated carbocycles. The molecule has 2 N–H and O–H groups in total. The summed E-state index contributed by atoms with van der Waals surface area (Å²) in [7, 11) is 0. The number of aryl methyl sites for hydroxylation is 2. The Hall–Kier alpha value is -1.64. The highest BCUT2D eigenvalue weighted by atomic mass is 32.2. The summed E-state index contributed by atoms with van der Waals surface area (Å²) in [5.41, 5.74) is 3.65. The van der Waals surface area contributed by atoms with Crippen molar-refractivity contribution in [3.05, 3.63) is 29.3 Å². The van der Waals surface area contributed by atoms with Gasteiger partial charge in [-0.3, -0.25) is 4.79 Å². The van der Waals surface area contributed by atoms with Gasteiger partial charge in [0, 0.05) is 18.8 Å². The van der Waals surface area contributed by atoms with Crippen molar-refractivity contribution in [2.45, 2.75) is 54.7 Å². The summed E-state index contributed by atoms with van der Waals surface area (Å²) >= 11 is 2.92. The highest BCUT2D eigenvalue weighted by molar-refractivity contribution is 8.02. The minimum atomic E-state index is -0.239. The summed E-state index contributed by atoms with van der Waals surface area (Å²) in [4.78, 5) is 12.5. The van der Waals surface area contributed by atoms with Crippen LogP contribution in [0.2, 0.25) is 0 Å². The van der Waals surface area contributed by atoms with Gasteiger partial charge in [0.2, 0.25) is 11.0 Å². The number of fused-ring (bicyclic) bond motifs is 1. The fraction of sp³-hybridized carbons (Fsp3) is 0.526. The number of nitrogens with one attached hydrogen (secondary N) is 2. The normalized spacial score (nSPS) is 19.7. The first kappa shape index (κ1) is 18.7. The van der Waals surface area contributed by atoms with Gasteiger partial charge in [0.1, 0.15) is 0 Å². The van der Waals surface area contributed by atoms with E-state index in [0.29, 0.717) is 0 Å². The van der Waals surface area contributed by atoms with Gasteiger partial charge in [0.05, 0.1) is 11.4 Å². The average Bonchev–Trinajstić information content (AvgIpc) is 3.41. The molecule has 1 saturated heterocycles. The van der Waals surface area contributed by atoms with Crippen molar-refractivity contribution in [1.82, 2.24) is 10.2 Å². The Bertz CT molecular complexity index is 805. The standard InChI is InChI=1S/C19H24N4O2S2/c1-12(17(24)21-15-8-7-13-4-2-5-14(13)10-15)26-19-23-22-18(27-19)20-11-16-6-3-9-25-16/h7-8,10,12,16H,2-6,9,11H2,1H3,(H,20,22)(H,21,24)/t12-,16+/m1/s1. The van der Waals surface area contributed by atoms with Crippen LogP contribution in [-0.4, -0.2) is 40.6 Å². The second kappa shape index (κ2) is 8.58. The van der Waals surface area contributed by atoms with E-state index in [1.54, 1.807) is 0 Å². The maximum atomic E-state index is 12.5. The van der Waals surface area contributed by atoms with E-state index in [2.05, 4.69) is 33.0 Å². The van der Waals surface area contributed by atoms with Crippen molar-refractivity contribution in [3.8, 4) is 0 Å². The number of anilines is 2. The van der Waals surface area contributed by atoms with Crippen LogP contribution in [0.15, 0.2) is 22.5 Å². The van der Waals surface area contributed by atoms with E-state index < -0.39 is 0 Å². The lowest BCUT2D eigenvalue weighted by atomic mass is 10.1. The number of carbonyl (C=O) groups excluding carboxylic acids is 1. The molecule has 1 aromatic heterocycles. The van der Waals surface area contributed by atoms with E-state index in [0.717, 1.165) is 54.0 Å². The first-order valence-corrected chi connectivity index (χ1v) is 11.2. The van der Waals surface area contributed by atoms with E-state index >= 15 is 0 Å². The number of aromatic nitrogens is 2. The summed E-state index contributed by atoms with van der Waals surface area (Å²) in [5.74, 6) is -0.0120. The molecule has 1 aromatic carbocycles. The zero-order chi connectivity index (χ0) is 18.6. The molecule has 6 nitrogen and oxygen atoms in total. The van der Waals surface area contributed by atoms with E-state index in [1.807, 2.05) is 13.0 Å². The zero-order valence-corrected chi connectivity index (χ0v) is 17.0. The minimum absolute atomic E-state index is 0.0120. The highest BCUT2D eigenvalue weighted by Crippen LogP contribution is 2.30. The Morgan fingerprint density at radius 2 is 2.22 bits per heavy atom. The first-order valence-electron chi connectivity index (χ1n) is 9.46. The number of benzene rings is 1. The quantitative estimate of drug-likeness (QED) is 0.685. The average molecular weight is 405 g/mol. The molecule has 2 aromatic rings. The topological polar surface area (TPSA) is 76.1 Å². The number of hydrogen-bond donors (Lipinski definition) is 2. The van der Waals surface area contributed by atoms with Crippen molar-refractivity contribution in [2.75, 3.05) is 23.8 Å². The van der Waals surface area contributed by atoms with E-state index in [4.69, 9.17) is 4.74 Å². The van der Waals surface area contributed by atoms with Crippen LogP contribution < -0.4 is 10.6 Å². The van der Waals surface area contributed by atoms with Crippen LogP contribution in [0.3, 0.4) is 0 Å². The summed E-state index contributed by atoms with van der Waals surface area (Å²) in [6.07, 6.45) is 5.95. The molecule has 0 radical (unpaired) electrons. The summed E-state index contributed by atoms with van der Waals surface area (Å²) in [6.45, 7) is 3.50. The Morgan fingerprint density at radius 3 is 3.07 bits per heavy atom. The van der Waals surface area contributed by atoms with Gasteiger partial charge in [0.15, 0.2) is 4.34 Å². The maximum absolute atomic E-state index is 12.5. The molecular formula is C19H24N4O2S2. The zero-order valence-electron chi connectivity index (χ0n) is 15.4.